The van der Waals surface area contributed by atoms with Crippen LogP contribution in [0.15, 0.2) is 42.5 Å². The van der Waals surface area contributed by atoms with Gasteiger partial charge in [-0.15, -0.1) is 0 Å². The molecular formula is C25H28N4O4. The van der Waals surface area contributed by atoms with Crippen molar-refractivity contribution in [3.63, 3.8) is 0 Å². The van der Waals surface area contributed by atoms with Crippen molar-refractivity contribution in [2.24, 2.45) is 0 Å². The number of likely N-dealkylation sites (N-methyl/N-ethyl adjacent to an activating group) is 1. The van der Waals surface area contributed by atoms with Crippen LogP contribution in [0.2, 0.25) is 0 Å². The highest BCUT2D eigenvalue weighted by atomic mass is 16.2. The van der Waals surface area contributed by atoms with Crippen LogP contribution in [0, 0.1) is 6.92 Å². The summed E-state index contributed by atoms with van der Waals surface area (Å²) in [5, 5.41) is 5.48. The van der Waals surface area contributed by atoms with Crippen molar-refractivity contribution in [3.05, 3.63) is 64.7 Å². The quantitative estimate of drug-likeness (QED) is 0.663. The third-order valence-corrected chi connectivity index (χ3v) is 6.39. The number of benzene rings is 2. The Morgan fingerprint density at radius 3 is 2.52 bits per heavy atom. The number of amides is 5. The number of rotatable bonds is 6. The average molecular weight is 449 g/mol. The van der Waals surface area contributed by atoms with Gasteiger partial charge in [-0.3, -0.25) is 19.3 Å². The topological polar surface area (TPSA) is 98.8 Å². The predicted molar refractivity (Wildman–Crippen MR) is 124 cm³/mol. The first-order valence-corrected chi connectivity index (χ1v) is 11.0. The van der Waals surface area contributed by atoms with E-state index in [0.717, 1.165) is 29.7 Å². The monoisotopic (exact) mass is 448 g/mol. The average Bonchev–Trinajstić information content (AvgIpc) is 3.33. The zero-order chi connectivity index (χ0) is 23.8. The van der Waals surface area contributed by atoms with Crippen molar-refractivity contribution in [2.45, 2.75) is 38.6 Å². The normalized spacial score (nSPS) is 19.3. The van der Waals surface area contributed by atoms with E-state index in [4.69, 9.17) is 0 Å². The summed E-state index contributed by atoms with van der Waals surface area (Å²) in [5.41, 5.74) is 3.66. The third-order valence-electron chi connectivity index (χ3n) is 6.39. The van der Waals surface area contributed by atoms with E-state index in [1.165, 1.54) is 23.1 Å². The van der Waals surface area contributed by atoms with Crippen LogP contribution in [0.25, 0.3) is 0 Å². The molecule has 2 aromatic rings. The second-order valence-electron chi connectivity index (χ2n) is 8.95. The van der Waals surface area contributed by atoms with Crippen molar-refractivity contribution < 1.29 is 19.2 Å². The lowest BCUT2D eigenvalue weighted by atomic mass is 9.89. The van der Waals surface area contributed by atoms with Gasteiger partial charge in [0, 0.05) is 12.7 Å². The number of nitrogens with one attached hydrogen (secondary N) is 2. The fourth-order valence-electron chi connectivity index (χ4n) is 4.32. The van der Waals surface area contributed by atoms with Gasteiger partial charge in [0.15, 0.2) is 0 Å². The Kier molecular flexibility index (Phi) is 5.93. The lowest BCUT2D eigenvalue weighted by Gasteiger charge is -2.24. The molecular weight excluding hydrogens is 420 g/mol. The molecule has 1 heterocycles. The maximum absolute atomic E-state index is 13.2. The fourth-order valence-corrected chi connectivity index (χ4v) is 4.32. The van der Waals surface area contributed by atoms with Gasteiger partial charge in [-0.05, 0) is 61.9 Å². The molecule has 2 aromatic carbocycles. The summed E-state index contributed by atoms with van der Waals surface area (Å²) in [5.74, 6) is -1.35. The van der Waals surface area contributed by atoms with E-state index in [1.807, 2.05) is 37.3 Å². The van der Waals surface area contributed by atoms with Crippen molar-refractivity contribution in [1.82, 2.24) is 15.1 Å². The molecule has 1 aliphatic carbocycles. The van der Waals surface area contributed by atoms with Crippen LogP contribution >= 0.6 is 0 Å². The van der Waals surface area contributed by atoms with Gasteiger partial charge < -0.3 is 15.5 Å². The van der Waals surface area contributed by atoms with E-state index in [-0.39, 0.29) is 12.5 Å². The van der Waals surface area contributed by atoms with Gasteiger partial charge >= 0.3 is 6.03 Å². The second-order valence-corrected chi connectivity index (χ2v) is 8.95. The first kappa shape index (κ1) is 22.5. The van der Waals surface area contributed by atoms with Crippen LogP contribution in [0.4, 0.5) is 10.5 Å². The van der Waals surface area contributed by atoms with Gasteiger partial charge in [0.2, 0.25) is 11.8 Å². The number of imide groups is 1. The number of aryl methyl sites for hydroxylation is 3. The molecule has 1 aliphatic heterocycles. The number of nitrogens with zero attached hydrogens (tertiary/aromatic N) is 2. The summed E-state index contributed by atoms with van der Waals surface area (Å²) in [6, 6.07) is 12.6. The summed E-state index contributed by atoms with van der Waals surface area (Å²) in [6.07, 6.45) is 3.07. The minimum Gasteiger partial charge on any atom is -0.335 e. The summed E-state index contributed by atoms with van der Waals surface area (Å²) < 4.78 is 0. The Labute approximate surface area is 192 Å². The number of hydrogen-bond acceptors (Lipinski definition) is 4. The summed E-state index contributed by atoms with van der Waals surface area (Å²) >= 11 is 0. The van der Waals surface area contributed by atoms with E-state index in [1.54, 1.807) is 19.1 Å². The Morgan fingerprint density at radius 1 is 1.09 bits per heavy atom. The van der Waals surface area contributed by atoms with Gasteiger partial charge in [-0.1, -0.05) is 35.9 Å². The minimum absolute atomic E-state index is 0.196. The second kappa shape index (κ2) is 8.69. The number of anilines is 1. The smallest absolute Gasteiger partial charge is 0.325 e. The van der Waals surface area contributed by atoms with Crippen LogP contribution < -0.4 is 10.6 Å². The molecule has 0 radical (unpaired) electrons. The van der Waals surface area contributed by atoms with Crippen LogP contribution in [-0.2, 0) is 32.8 Å². The molecule has 8 heteroatoms. The van der Waals surface area contributed by atoms with Crippen molar-refractivity contribution in [3.8, 4) is 0 Å². The van der Waals surface area contributed by atoms with E-state index in [9.17, 15) is 19.2 Å². The van der Waals surface area contributed by atoms with E-state index >= 15 is 0 Å². The third kappa shape index (κ3) is 4.46. The summed E-state index contributed by atoms with van der Waals surface area (Å²) in [4.78, 5) is 52.9. The van der Waals surface area contributed by atoms with Crippen LogP contribution in [0.1, 0.15) is 35.6 Å². The summed E-state index contributed by atoms with van der Waals surface area (Å²) in [6.45, 7) is 2.98. The lowest BCUT2D eigenvalue weighted by molar-refractivity contribution is -0.139. The Balaban J connectivity index is 1.39. The van der Waals surface area contributed by atoms with E-state index in [2.05, 4.69) is 10.6 Å². The highest BCUT2D eigenvalue weighted by Gasteiger charge is 2.49. The van der Waals surface area contributed by atoms with Crippen LogP contribution in [0.3, 0.4) is 0 Å². The molecule has 2 N–H and O–H groups in total. The molecule has 0 spiro atoms. The zero-order valence-electron chi connectivity index (χ0n) is 19.1. The Morgan fingerprint density at radius 2 is 1.79 bits per heavy atom. The maximum atomic E-state index is 13.2. The first-order valence-electron chi connectivity index (χ1n) is 11.0. The predicted octanol–water partition coefficient (Wildman–Crippen LogP) is 2.35. The number of fused-ring (bicyclic) bond motifs is 1. The highest BCUT2D eigenvalue weighted by Crippen LogP contribution is 2.32. The number of carbonyl (C=O) groups excluding carboxylic acids is 4. The molecule has 4 rings (SSSR count). The number of hydrogen-bond donors (Lipinski definition) is 2. The van der Waals surface area contributed by atoms with Gasteiger partial charge in [0.05, 0.1) is 6.54 Å². The SMILES string of the molecule is Cc1ccc(NC(=O)CN(C)C(=O)CN2C(=O)N[C@](C)(c3ccc4c(c3)CCC4)C2=O)cc1. The molecule has 1 saturated heterocycles. The minimum atomic E-state index is -1.23. The zero-order valence-corrected chi connectivity index (χ0v) is 19.1. The Bertz CT molecular complexity index is 1130. The molecule has 5 amide bonds. The fraction of sp³-hybridized carbons (Fsp3) is 0.360. The molecule has 1 atom stereocenters. The van der Waals surface area contributed by atoms with Crippen molar-refractivity contribution in [2.75, 3.05) is 25.5 Å². The molecule has 0 aromatic heterocycles. The molecule has 172 valence electrons. The van der Waals surface area contributed by atoms with E-state index in [0.29, 0.717) is 11.3 Å². The number of urea groups is 1. The Hall–Kier alpha value is -3.68. The van der Waals surface area contributed by atoms with Gasteiger partial charge in [0.1, 0.15) is 12.1 Å². The molecule has 0 bridgehead atoms. The van der Waals surface area contributed by atoms with Gasteiger partial charge in [-0.25, -0.2) is 4.79 Å². The molecule has 1 fully saturated rings. The molecule has 0 unspecified atom stereocenters. The van der Waals surface area contributed by atoms with Gasteiger partial charge in [-0.2, -0.15) is 0 Å². The first-order chi connectivity index (χ1) is 15.7. The number of carbonyl (C=O) groups is 4. The van der Waals surface area contributed by atoms with Crippen LogP contribution in [-0.4, -0.2) is 53.7 Å². The molecule has 33 heavy (non-hydrogen) atoms. The maximum Gasteiger partial charge on any atom is 0.325 e. The van der Waals surface area contributed by atoms with E-state index < -0.39 is 29.9 Å². The lowest BCUT2D eigenvalue weighted by Crippen LogP contribution is -2.45. The largest absolute Gasteiger partial charge is 0.335 e. The van der Waals surface area contributed by atoms with Gasteiger partial charge in [0.25, 0.3) is 5.91 Å². The molecule has 0 saturated carbocycles. The highest BCUT2D eigenvalue weighted by molar-refractivity contribution is 6.09. The van der Waals surface area contributed by atoms with Crippen molar-refractivity contribution >= 4 is 29.4 Å². The standard InChI is InChI=1S/C25H28N4O4/c1-16-7-11-20(12-8-16)26-21(30)14-28(3)22(31)15-29-23(32)25(2,27-24(29)33)19-10-9-17-5-4-6-18(17)13-19/h7-13H,4-6,14-15H2,1-3H3,(H,26,30)(H,27,33)/t25-/m1/s1. The molecule has 2 aliphatic rings. The van der Waals surface area contributed by atoms with Crippen LogP contribution in [0.5, 0.6) is 0 Å². The van der Waals surface area contributed by atoms with Crippen molar-refractivity contribution in [1.29, 1.82) is 0 Å². The summed E-state index contributed by atoms with van der Waals surface area (Å²) in [7, 11) is 1.47. The molecule has 8 nitrogen and oxygen atoms in total.